The molecule has 0 bridgehead atoms. The van der Waals surface area contributed by atoms with E-state index in [1.165, 1.54) is 23.4 Å². The molecule has 0 saturated carbocycles. The fourth-order valence-electron chi connectivity index (χ4n) is 4.29. The molecular formula is C19H22N6O14P3S+3. The summed E-state index contributed by atoms with van der Waals surface area (Å²) in [5.74, 6) is 0. The second-order valence-corrected chi connectivity index (χ2v) is 12.5. The molecule has 5 N–H and O–H groups in total. The van der Waals surface area contributed by atoms with Crippen LogP contribution in [0.3, 0.4) is 0 Å². The molecule has 24 heteroatoms. The van der Waals surface area contributed by atoms with E-state index in [0.29, 0.717) is 11.2 Å². The molecule has 230 valence electrons. The zero-order valence-corrected chi connectivity index (χ0v) is 24.8. The van der Waals surface area contributed by atoms with Crippen LogP contribution in [0.4, 0.5) is 0 Å². The summed E-state index contributed by atoms with van der Waals surface area (Å²) in [5, 5.41) is 31.0. The first-order chi connectivity index (χ1) is 20.5. The number of rotatable bonds is 12. The minimum atomic E-state index is -3.29. The standard InChI is InChI=1S/C19H20N6O14P3S/c26-8-3-12(24-2-1-11(27)23-19(24)30)36-9(8)4-34-40(31)38-42(33)39-41(32)35-5-10-14(28)15(29)18(37-10)25-7-22-13-16(25)20-6-21-17(13)43/h1-2,6-10,12,14-15,18,26,28-29H,3-5H2/q+1/p+2/t8-,9+,10-,12+,14-,15-,18-/m0/s1. The van der Waals surface area contributed by atoms with Crippen LogP contribution in [0.5, 0.6) is 0 Å². The molecule has 0 spiro atoms. The van der Waals surface area contributed by atoms with Gasteiger partial charge in [-0.05, 0) is 0 Å². The van der Waals surface area contributed by atoms with Crippen LogP contribution in [0.1, 0.15) is 18.9 Å². The van der Waals surface area contributed by atoms with Crippen LogP contribution in [-0.2, 0) is 40.8 Å². The van der Waals surface area contributed by atoms with Crippen molar-refractivity contribution in [3.05, 3.63) is 50.4 Å². The lowest BCUT2D eigenvalue weighted by atomic mass is 10.1. The molecule has 3 aromatic rings. The van der Waals surface area contributed by atoms with Crippen LogP contribution >= 0.6 is 37.0 Å². The van der Waals surface area contributed by atoms with Gasteiger partial charge < -0.3 is 29.8 Å². The predicted molar refractivity (Wildman–Crippen MR) is 141 cm³/mol. The van der Waals surface area contributed by atoms with Crippen molar-refractivity contribution in [1.82, 2.24) is 29.1 Å². The van der Waals surface area contributed by atoms with Gasteiger partial charge in [0, 0.05) is 32.4 Å². The van der Waals surface area contributed by atoms with Gasteiger partial charge in [-0.25, -0.2) is 14.8 Å². The highest BCUT2D eigenvalue weighted by Gasteiger charge is 2.52. The van der Waals surface area contributed by atoms with Crippen LogP contribution in [0.15, 0.2) is 34.5 Å². The molecule has 5 heterocycles. The highest BCUT2D eigenvalue weighted by atomic mass is 32.1. The number of aliphatic hydroxyl groups is 3. The van der Waals surface area contributed by atoms with Crippen LogP contribution in [0.25, 0.3) is 11.2 Å². The number of aromatic nitrogens is 6. The SMILES string of the molecule is O=c1ccn([C@H]2C[C@H](O)[C@@H](CO[P+](=O)O[P+](=O)O[P+](=O)OC[C@@H]3O[C@H](n4cnc5c(=S)nc[nH]c54)[C@@H](O)[C@H]3O)O2)c(=O)[nH]1. The van der Waals surface area contributed by atoms with Crippen molar-refractivity contribution < 1.29 is 56.2 Å². The highest BCUT2D eigenvalue weighted by Crippen LogP contribution is 2.47. The average Bonchev–Trinajstić information content (AvgIpc) is 3.62. The van der Waals surface area contributed by atoms with Crippen molar-refractivity contribution in [2.75, 3.05) is 13.2 Å². The Bertz CT molecular complexity index is 1710. The first-order valence-electron chi connectivity index (χ1n) is 12.1. The molecule has 0 aliphatic carbocycles. The van der Waals surface area contributed by atoms with Crippen molar-refractivity contribution in [2.45, 2.75) is 49.4 Å². The average molecular weight is 683 g/mol. The Hall–Kier alpha value is -2.61. The van der Waals surface area contributed by atoms with Gasteiger partial charge in [0.05, 0.1) is 18.8 Å². The Kier molecular flexibility index (Phi) is 10.0. The van der Waals surface area contributed by atoms with E-state index in [0.717, 1.165) is 10.6 Å². The number of H-pyrrole nitrogens is 2. The molecule has 2 aliphatic heterocycles. The van der Waals surface area contributed by atoms with Gasteiger partial charge in [0.25, 0.3) is 5.56 Å². The van der Waals surface area contributed by atoms with Gasteiger partial charge >= 0.3 is 30.5 Å². The predicted octanol–water partition coefficient (Wildman–Crippen LogP) is 0.345. The lowest BCUT2D eigenvalue weighted by Gasteiger charge is -2.16. The van der Waals surface area contributed by atoms with Crippen LogP contribution in [0, 0.1) is 4.64 Å². The maximum absolute atomic E-state index is 12.1. The zero-order valence-electron chi connectivity index (χ0n) is 21.3. The van der Waals surface area contributed by atoms with Crippen LogP contribution in [-0.4, -0.2) is 88.1 Å². The van der Waals surface area contributed by atoms with E-state index in [2.05, 4.69) is 23.6 Å². The summed E-state index contributed by atoms with van der Waals surface area (Å²) < 4.78 is 68.7. The maximum atomic E-state index is 12.1. The summed E-state index contributed by atoms with van der Waals surface area (Å²) >= 11 is 5.10. The van der Waals surface area contributed by atoms with Crippen molar-refractivity contribution >= 4 is 48.1 Å². The Morgan fingerprint density at radius 3 is 2.37 bits per heavy atom. The number of aromatic amines is 2. The van der Waals surface area contributed by atoms with E-state index >= 15 is 0 Å². The third kappa shape index (κ3) is 7.21. The molecule has 3 aromatic heterocycles. The van der Waals surface area contributed by atoms with E-state index < -0.39 is 92.2 Å². The summed E-state index contributed by atoms with van der Waals surface area (Å²) in [4.78, 5) is 36.0. The second-order valence-electron chi connectivity index (χ2n) is 8.98. The Morgan fingerprint density at radius 1 is 0.977 bits per heavy atom. The molecule has 2 saturated heterocycles. The smallest absolute Gasteiger partial charge is 0.390 e. The minimum absolute atomic E-state index is 0.0473. The fraction of sp³-hybridized carbons (Fsp3) is 0.526. The third-order valence-electron chi connectivity index (χ3n) is 6.31. The Labute approximate surface area is 246 Å². The van der Waals surface area contributed by atoms with Crippen molar-refractivity contribution in [1.29, 1.82) is 0 Å². The minimum Gasteiger partial charge on any atom is -0.390 e. The molecule has 0 amide bonds. The molecule has 20 nitrogen and oxygen atoms in total. The van der Waals surface area contributed by atoms with Gasteiger partial charge in [0.2, 0.25) is 0 Å². The van der Waals surface area contributed by atoms with E-state index in [9.17, 15) is 38.6 Å². The number of ether oxygens (including phenoxy) is 2. The van der Waals surface area contributed by atoms with Crippen molar-refractivity contribution in [2.24, 2.45) is 0 Å². The number of fused-ring (bicyclic) bond motifs is 1. The van der Waals surface area contributed by atoms with E-state index in [-0.39, 0.29) is 11.1 Å². The van der Waals surface area contributed by atoms with E-state index in [1.54, 1.807) is 0 Å². The largest absolute Gasteiger partial charge is 0.798 e. The lowest BCUT2D eigenvalue weighted by molar-refractivity contribution is -0.0475. The summed E-state index contributed by atoms with van der Waals surface area (Å²) in [7, 11) is -9.54. The van der Waals surface area contributed by atoms with Gasteiger partial charge in [-0.2, -0.15) is 0 Å². The number of nitrogens with zero attached hydrogens (tertiary/aromatic N) is 4. The third-order valence-corrected chi connectivity index (χ3v) is 9.46. The first kappa shape index (κ1) is 31.8. The van der Waals surface area contributed by atoms with E-state index in [4.69, 9.17) is 30.7 Å². The zero-order chi connectivity index (χ0) is 30.8. The quantitative estimate of drug-likeness (QED) is 0.127. The molecule has 3 unspecified atom stereocenters. The fourth-order valence-corrected chi connectivity index (χ4v) is 6.67. The Balaban J connectivity index is 1.05. The van der Waals surface area contributed by atoms with Gasteiger partial charge in [0.15, 0.2) is 19.5 Å². The van der Waals surface area contributed by atoms with Crippen molar-refractivity contribution in [3.63, 3.8) is 0 Å². The highest BCUT2D eigenvalue weighted by molar-refractivity contribution is 7.71. The van der Waals surface area contributed by atoms with Crippen LogP contribution in [0.2, 0.25) is 0 Å². The Morgan fingerprint density at radius 2 is 1.67 bits per heavy atom. The maximum Gasteiger partial charge on any atom is 0.798 e. The molecule has 2 fully saturated rings. The topological polar surface area (TPSA) is 269 Å². The summed E-state index contributed by atoms with van der Waals surface area (Å²) in [5.41, 5.74) is -0.664. The molecule has 43 heavy (non-hydrogen) atoms. The van der Waals surface area contributed by atoms with Crippen molar-refractivity contribution in [3.8, 4) is 0 Å². The number of aliphatic hydroxyl groups excluding tert-OH is 3. The molecular weight excluding hydrogens is 661 g/mol. The number of imidazole rings is 1. The second kappa shape index (κ2) is 13.6. The normalized spacial score (nSPS) is 28.3. The van der Waals surface area contributed by atoms with E-state index in [1.807, 2.05) is 4.98 Å². The number of hydrogen-bond donors (Lipinski definition) is 5. The summed E-state index contributed by atoms with van der Waals surface area (Å²) in [6.07, 6.45) is -4.62. The lowest BCUT2D eigenvalue weighted by Crippen LogP contribution is -2.33. The van der Waals surface area contributed by atoms with Crippen LogP contribution < -0.4 is 11.2 Å². The molecule has 5 rings (SSSR count). The van der Waals surface area contributed by atoms with Gasteiger partial charge in [0.1, 0.15) is 55.0 Å². The molecule has 0 aromatic carbocycles. The number of nitrogens with one attached hydrogen (secondary N) is 2. The molecule has 10 atom stereocenters. The summed E-state index contributed by atoms with van der Waals surface area (Å²) in [6, 6.07) is 1.09. The molecule has 2 aliphatic rings. The van der Waals surface area contributed by atoms with Gasteiger partial charge in [-0.1, -0.05) is 12.2 Å². The van der Waals surface area contributed by atoms with Gasteiger partial charge in [-0.3, -0.25) is 18.9 Å². The summed E-state index contributed by atoms with van der Waals surface area (Å²) in [6.45, 7) is -1.08. The number of hydrogen-bond acceptors (Lipinski definition) is 17. The first-order valence-corrected chi connectivity index (χ1v) is 15.8. The molecule has 0 radical (unpaired) electrons. The van der Waals surface area contributed by atoms with Gasteiger partial charge in [-0.15, -0.1) is 9.05 Å². The monoisotopic (exact) mass is 683 g/mol.